The third kappa shape index (κ3) is 4.00. The van der Waals surface area contributed by atoms with Gasteiger partial charge in [-0.2, -0.15) is 8.78 Å². The lowest BCUT2D eigenvalue weighted by Gasteiger charge is -2.12. The van der Waals surface area contributed by atoms with Gasteiger partial charge in [0.2, 0.25) is 0 Å². The van der Waals surface area contributed by atoms with E-state index in [1.807, 2.05) is 0 Å². The predicted molar refractivity (Wildman–Crippen MR) is 80.0 cm³/mol. The number of methoxy groups -OCH3 is 1. The molecule has 7 nitrogen and oxygen atoms in total. The molecule has 2 amide bonds. The summed E-state index contributed by atoms with van der Waals surface area (Å²) in [5, 5.41) is 0. The molecule has 0 saturated heterocycles. The van der Waals surface area contributed by atoms with E-state index in [9.17, 15) is 18.4 Å². The zero-order valence-electron chi connectivity index (χ0n) is 12.9. The summed E-state index contributed by atoms with van der Waals surface area (Å²) in [6.07, 6.45) is 1.68. The number of ether oxygens (including phenoxy) is 2. The predicted octanol–water partition coefficient (Wildman–Crippen LogP) is 1.71. The van der Waals surface area contributed by atoms with Crippen LogP contribution in [0.15, 0.2) is 36.5 Å². The minimum atomic E-state index is -3.01. The van der Waals surface area contributed by atoms with Crippen molar-refractivity contribution in [2.45, 2.75) is 6.61 Å². The van der Waals surface area contributed by atoms with Crippen molar-refractivity contribution in [3.05, 3.63) is 47.8 Å². The normalized spacial score (nSPS) is 10.4. The first kappa shape index (κ1) is 17.3. The Labute approximate surface area is 136 Å². The van der Waals surface area contributed by atoms with Crippen molar-refractivity contribution in [2.24, 2.45) is 7.05 Å². The van der Waals surface area contributed by atoms with Gasteiger partial charge in [0.15, 0.2) is 11.5 Å². The van der Waals surface area contributed by atoms with E-state index in [-0.39, 0.29) is 17.1 Å². The molecule has 0 bridgehead atoms. The van der Waals surface area contributed by atoms with Crippen molar-refractivity contribution in [3.63, 3.8) is 0 Å². The number of carbonyl (C=O) groups is 2. The summed E-state index contributed by atoms with van der Waals surface area (Å²) < 4.78 is 35.3. The average Bonchev–Trinajstić information content (AvgIpc) is 2.98. The van der Waals surface area contributed by atoms with Gasteiger partial charge in [-0.05, 0) is 30.3 Å². The van der Waals surface area contributed by atoms with Crippen LogP contribution in [0.3, 0.4) is 0 Å². The fraction of sp³-hybridized carbons (Fsp3) is 0.200. The highest BCUT2D eigenvalue weighted by atomic mass is 19.3. The molecular weight excluding hydrogens is 324 g/mol. The van der Waals surface area contributed by atoms with Crippen molar-refractivity contribution in [1.29, 1.82) is 0 Å². The summed E-state index contributed by atoms with van der Waals surface area (Å²) >= 11 is 0. The van der Waals surface area contributed by atoms with Gasteiger partial charge in [-0.3, -0.25) is 20.4 Å². The van der Waals surface area contributed by atoms with Gasteiger partial charge in [-0.15, -0.1) is 0 Å². The fourth-order valence-corrected chi connectivity index (χ4v) is 1.95. The van der Waals surface area contributed by atoms with Crippen LogP contribution < -0.4 is 20.3 Å². The molecule has 0 aliphatic rings. The molecule has 128 valence electrons. The van der Waals surface area contributed by atoms with Gasteiger partial charge in [0.1, 0.15) is 5.69 Å². The van der Waals surface area contributed by atoms with Gasteiger partial charge in [0.25, 0.3) is 11.8 Å². The van der Waals surface area contributed by atoms with E-state index < -0.39 is 18.4 Å². The number of alkyl halides is 2. The van der Waals surface area contributed by atoms with Crippen LogP contribution >= 0.6 is 0 Å². The number of benzene rings is 1. The van der Waals surface area contributed by atoms with E-state index in [0.29, 0.717) is 5.69 Å². The van der Waals surface area contributed by atoms with Crippen molar-refractivity contribution >= 4 is 11.8 Å². The Hall–Kier alpha value is -3.10. The Kier molecular flexibility index (Phi) is 5.35. The summed E-state index contributed by atoms with van der Waals surface area (Å²) in [6.45, 7) is -3.01. The van der Waals surface area contributed by atoms with E-state index in [1.165, 1.54) is 25.3 Å². The smallest absolute Gasteiger partial charge is 0.387 e. The number of hydrogen-bond donors (Lipinski definition) is 2. The maximum Gasteiger partial charge on any atom is 0.387 e. The van der Waals surface area contributed by atoms with Gasteiger partial charge < -0.3 is 14.0 Å². The molecule has 1 heterocycles. The highest BCUT2D eigenvalue weighted by Crippen LogP contribution is 2.29. The number of hydrazine groups is 1. The average molecular weight is 339 g/mol. The van der Waals surface area contributed by atoms with Crippen molar-refractivity contribution in [1.82, 2.24) is 15.4 Å². The lowest BCUT2D eigenvalue weighted by atomic mass is 10.2. The maximum absolute atomic E-state index is 12.3. The maximum atomic E-state index is 12.3. The molecule has 0 spiro atoms. The highest BCUT2D eigenvalue weighted by Gasteiger charge is 2.15. The third-order valence-corrected chi connectivity index (χ3v) is 3.11. The van der Waals surface area contributed by atoms with Gasteiger partial charge in [0, 0.05) is 18.8 Å². The van der Waals surface area contributed by atoms with Gasteiger partial charge in [-0.25, -0.2) is 0 Å². The fourth-order valence-electron chi connectivity index (χ4n) is 1.95. The topological polar surface area (TPSA) is 81.6 Å². The Morgan fingerprint density at radius 2 is 1.83 bits per heavy atom. The lowest BCUT2D eigenvalue weighted by Crippen LogP contribution is -2.42. The summed E-state index contributed by atoms with van der Waals surface area (Å²) in [4.78, 5) is 23.9. The first-order valence-electron chi connectivity index (χ1n) is 6.77. The molecule has 0 fully saturated rings. The Bertz CT molecular complexity index is 746. The molecule has 0 aliphatic carbocycles. The van der Waals surface area contributed by atoms with Gasteiger partial charge in [-0.1, -0.05) is 0 Å². The molecule has 0 saturated carbocycles. The second-order valence-corrected chi connectivity index (χ2v) is 4.66. The Morgan fingerprint density at radius 3 is 2.42 bits per heavy atom. The van der Waals surface area contributed by atoms with Gasteiger partial charge >= 0.3 is 6.61 Å². The molecular formula is C15H15F2N3O4. The largest absolute Gasteiger partial charge is 0.493 e. The molecule has 1 aromatic carbocycles. The zero-order valence-corrected chi connectivity index (χ0v) is 12.9. The number of amides is 2. The molecule has 2 aromatic rings. The van der Waals surface area contributed by atoms with Crippen molar-refractivity contribution < 1.29 is 27.8 Å². The van der Waals surface area contributed by atoms with Crippen LogP contribution in [0.2, 0.25) is 0 Å². The minimum absolute atomic E-state index is 0.0308. The number of carbonyl (C=O) groups excluding carboxylic acids is 2. The van der Waals surface area contributed by atoms with Crippen LogP contribution in [-0.4, -0.2) is 30.1 Å². The number of nitrogens with one attached hydrogen (secondary N) is 2. The lowest BCUT2D eigenvalue weighted by molar-refractivity contribution is -0.0512. The van der Waals surface area contributed by atoms with E-state index in [4.69, 9.17) is 4.74 Å². The minimum Gasteiger partial charge on any atom is -0.493 e. The standard InChI is InChI=1S/C15H15F2N3O4/c1-20-7-3-4-10(20)14(22)19-18-13(21)9-5-6-11(24-15(16)17)12(8-9)23-2/h3-8,15H,1-2H3,(H,18,21)(H,19,22). The Balaban J connectivity index is 2.04. The second-order valence-electron chi connectivity index (χ2n) is 4.66. The van der Waals surface area contributed by atoms with Crippen molar-refractivity contribution in [2.75, 3.05) is 7.11 Å². The molecule has 0 aliphatic heterocycles. The van der Waals surface area contributed by atoms with E-state index in [1.54, 1.807) is 29.9 Å². The summed E-state index contributed by atoms with van der Waals surface area (Å²) in [7, 11) is 2.94. The number of nitrogens with zero attached hydrogens (tertiary/aromatic N) is 1. The monoisotopic (exact) mass is 339 g/mol. The Morgan fingerprint density at radius 1 is 1.12 bits per heavy atom. The molecule has 9 heteroatoms. The third-order valence-electron chi connectivity index (χ3n) is 3.11. The van der Waals surface area contributed by atoms with E-state index >= 15 is 0 Å². The zero-order chi connectivity index (χ0) is 17.7. The van der Waals surface area contributed by atoms with Crippen LogP contribution in [0.4, 0.5) is 8.78 Å². The molecule has 1 aromatic heterocycles. The number of rotatable bonds is 5. The molecule has 0 radical (unpaired) electrons. The van der Waals surface area contributed by atoms with Gasteiger partial charge in [0.05, 0.1) is 7.11 Å². The first-order valence-corrected chi connectivity index (χ1v) is 6.77. The quantitative estimate of drug-likeness (QED) is 0.813. The number of aryl methyl sites for hydroxylation is 1. The van der Waals surface area contributed by atoms with E-state index in [2.05, 4.69) is 15.6 Å². The van der Waals surface area contributed by atoms with Crippen LogP contribution in [-0.2, 0) is 7.05 Å². The summed E-state index contributed by atoms with van der Waals surface area (Å²) in [5.41, 5.74) is 4.94. The van der Waals surface area contributed by atoms with Crippen molar-refractivity contribution in [3.8, 4) is 11.5 Å². The SMILES string of the molecule is COc1cc(C(=O)NNC(=O)c2cccn2C)ccc1OC(F)F. The molecule has 2 rings (SSSR count). The number of hydrogen-bond acceptors (Lipinski definition) is 4. The molecule has 0 atom stereocenters. The van der Waals surface area contributed by atoms with Crippen LogP contribution in [0, 0.1) is 0 Å². The first-order chi connectivity index (χ1) is 11.4. The molecule has 24 heavy (non-hydrogen) atoms. The van der Waals surface area contributed by atoms with Crippen LogP contribution in [0.25, 0.3) is 0 Å². The van der Waals surface area contributed by atoms with E-state index in [0.717, 1.165) is 0 Å². The number of aromatic nitrogens is 1. The van der Waals surface area contributed by atoms with Crippen LogP contribution in [0.5, 0.6) is 11.5 Å². The summed E-state index contributed by atoms with van der Waals surface area (Å²) in [6, 6.07) is 6.94. The summed E-state index contributed by atoms with van der Waals surface area (Å²) in [5.74, 6) is -1.37. The molecule has 2 N–H and O–H groups in total. The molecule has 0 unspecified atom stereocenters. The second kappa shape index (κ2) is 7.44. The number of halogens is 2. The van der Waals surface area contributed by atoms with Crippen LogP contribution in [0.1, 0.15) is 20.8 Å². The highest BCUT2D eigenvalue weighted by molar-refractivity contribution is 5.98.